The Morgan fingerprint density at radius 2 is 1.77 bits per heavy atom. The summed E-state index contributed by atoms with van der Waals surface area (Å²) in [4.78, 5) is 12.4. The van der Waals surface area contributed by atoms with Crippen LogP contribution in [0.4, 0.5) is 0 Å². The maximum atomic E-state index is 12.4. The Bertz CT molecular complexity index is 1080. The third kappa shape index (κ3) is 2.78. The third-order valence-corrected chi connectivity index (χ3v) is 4.63. The molecule has 4 rings (SSSR count). The van der Waals surface area contributed by atoms with Gasteiger partial charge in [0, 0.05) is 11.1 Å². The molecule has 0 spiro atoms. The number of hydrogen-bond donors (Lipinski definition) is 1. The van der Waals surface area contributed by atoms with Crippen LogP contribution < -0.4 is 0 Å². The first kappa shape index (κ1) is 16.2. The van der Waals surface area contributed by atoms with Gasteiger partial charge in [-0.2, -0.15) is 0 Å². The van der Waals surface area contributed by atoms with Gasteiger partial charge in [-0.15, -0.1) is 0 Å². The molecular weight excluding hydrogens is 324 g/mol. The molecule has 26 heavy (non-hydrogen) atoms. The molecule has 1 aliphatic carbocycles. The third-order valence-electron chi connectivity index (χ3n) is 4.63. The van der Waals surface area contributed by atoms with Crippen LogP contribution in [0.3, 0.4) is 0 Å². The fourth-order valence-corrected chi connectivity index (χ4v) is 3.21. The van der Waals surface area contributed by atoms with E-state index < -0.39 is 0 Å². The van der Waals surface area contributed by atoms with Gasteiger partial charge in [-0.1, -0.05) is 48.0 Å². The molecule has 3 aromatic rings. The minimum atomic E-state index is -0.187. The number of hydrogen-bond acceptors (Lipinski definition) is 3. The lowest BCUT2D eigenvalue weighted by Gasteiger charge is -2.12. The van der Waals surface area contributed by atoms with E-state index in [1.165, 1.54) is 0 Å². The van der Waals surface area contributed by atoms with Gasteiger partial charge in [-0.3, -0.25) is 4.79 Å². The first-order valence-electron chi connectivity index (χ1n) is 8.47. The number of fused-ring (bicyclic) bond motifs is 1. The Balaban J connectivity index is 1.82. The Kier molecular flexibility index (Phi) is 3.85. The van der Waals surface area contributed by atoms with Crippen LogP contribution in [0.25, 0.3) is 29.0 Å². The number of aryl methyl sites for hydroxylation is 2. The number of furan rings is 1. The Morgan fingerprint density at radius 1 is 0.962 bits per heavy atom. The molecule has 3 heteroatoms. The zero-order chi connectivity index (χ0) is 18.3. The van der Waals surface area contributed by atoms with Crippen LogP contribution in [0.1, 0.15) is 27.8 Å². The van der Waals surface area contributed by atoms with Crippen molar-refractivity contribution in [3.05, 3.63) is 82.4 Å². The lowest BCUT2D eigenvalue weighted by atomic mass is 9.90. The van der Waals surface area contributed by atoms with Gasteiger partial charge in [0.25, 0.3) is 5.95 Å². The molecule has 1 aromatic heterocycles. The van der Waals surface area contributed by atoms with Gasteiger partial charge in [0.05, 0.1) is 5.56 Å². The molecule has 0 atom stereocenters. The molecule has 0 saturated heterocycles. The highest BCUT2D eigenvalue weighted by molar-refractivity contribution is 6.33. The van der Waals surface area contributed by atoms with E-state index in [9.17, 15) is 9.90 Å². The van der Waals surface area contributed by atoms with Crippen molar-refractivity contribution >= 4 is 23.5 Å². The number of aromatic hydroxyl groups is 1. The van der Waals surface area contributed by atoms with Crippen LogP contribution in [-0.2, 0) is 4.79 Å². The van der Waals surface area contributed by atoms with E-state index in [1.54, 1.807) is 18.2 Å². The van der Waals surface area contributed by atoms with E-state index in [2.05, 4.69) is 0 Å². The van der Waals surface area contributed by atoms with E-state index in [0.29, 0.717) is 16.9 Å². The molecule has 3 nitrogen and oxygen atoms in total. The highest BCUT2D eigenvalue weighted by Crippen LogP contribution is 2.36. The highest BCUT2D eigenvalue weighted by Gasteiger charge is 2.19. The SMILES string of the molecule is Cc1ccc(C)c(-c2cc(C=C3C(=O)C=Cc4ccccc43)c(O)o2)c1. The second kappa shape index (κ2) is 6.19. The monoisotopic (exact) mass is 342 g/mol. The smallest absolute Gasteiger partial charge is 0.289 e. The maximum Gasteiger partial charge on any atom is 0.289 e. The summed E-state index contributed by atoms with van der Waals surface area (Å²) in [5.74, 6) is 0.313. The van der Waals surface area contributed by atoms with Crippen molar-refractivity contribution in [3.8, 4) is 17.3 Å². The van der Waals surface area contributed by atoms with Crippen molar-refractivity contribution in [3.63, 3.8) is 0 Å². The van der Waals surface area contributed by atoms with Gasteiger partial charge in [-0.05, 0) is 54.8 Å². The second-order valence-corrected chi connectivity index (χ2v) is 6.53. The fraction of sp³-hybridized carbons (Fsp3) is 0.0870. The van der Waals surface area contributed by atoms with Gasteiger partial charge in [0.1, 0.15) is 5.76 Å². The number of ketones is 1. The molecular formula is C23H18O3. The number of benzene rings is 2. The Hall–Kier alpha value is -3.33. The van der Waals surface area contributed by atoms with Crippen molar-refractivity contribution < 1.29 is 14.3 Å². The molecule has 1 N–H and O–H groups in total. The van der Waals surface area contributed by atoms with Gasteiger partial charge in [0.15, 0.2) is 5.78 Å². The van der Waals surface area contributed by atoms with E-state index in [4.69, 9.17) is 4.42 Å². The van der Waals surface area contributed by atoms with E-state index >= 15 is 0 Å². The van der Waals surface area contributed by atoms with Crippen LogP contribution in [0, 0.1) is 13.8 Å². The molecule has 128 valence electrons. The van der Waals surface area contributed by atoms with E-state index in [0.717, 1.165) is 27.8 Å². The molecule has 1 heterocycles. The normalized spacial score (nSPS) is 14.7. The molecule has 2 aromatic carbocycles. The molecule has 0 aliphatic heterocycles. The molecule has 0 saturated carbocycles. The largest absolute Gasteiger partial charge is 0.480 e. The first-order valence-corrected chi connectivity index (χ1v) is 8.47. The number of rotatable bonds is 2. The molecule has 0 radical (unpaired) electrons. The maximum absolute atomic E-state index is 12.4. The van der Waals surface area contributed by atoms with Crippen LogP contribution in [0.15, 0.2) is 59.0 Å². The summed E-state index contributed by atoms with van der Waals surface area (Å²) in [6.07, 6.45) is 5.06. The van der Waals surface area contributed by atoms with Gasteiger partial charge in [-0.25, -0.2) is 0 Å². The minimum absolute atomic E-state index is 0.0856. The molecule has 0 bridgehead atoms. The molecule has 1 aliphatic rings. The van der Waals surface area contributed by atoms with Gasteiger partial charge < -0.3 is 9.52 Å². The summed E-state index contributed by atoms with van der Waals surface area (Å²) in [5.41, 5.74) is 5.99. The van der Waals surface area contributed by atoms with Crippen LogP contribution in [-0.4, -0.2) is 10.9 Å². The van der Waals surface area contributed by atoms with Crippen LogP contribution in [0.5, 0.6) is 5.95 Å². The Labute approximate surface area is 151 Å². The summed E-state index contributed by atoms with van der Waals surface area (Å²) in [7, 11) is 0. The first-order chi connectivity index (χ1) is 12.5. The quantitative estimate of drug-likeness (QED) is 0.634. The van der Waals surface area contributed by atoms with Gasteiger partial charge >= 0.3 is 0 Å². The van der Waals surface area contributed by atoms with Crippen molar-refractivity contribution in [2.75, 3.05) is 0 Å². The number of carbonyl (C=O) groups is 1. The lowest BCUT2D eigenvalue weighted by molar-refractivity contribution is -0.109. The van der Waals surface area contributed by atoms with Crippen molar-refractivity contribution in [2.24, 2.45) is 0 Å². The summed E-state index contributed by atoms with van der Waals surface area (Å²) < 4.78 is 5.58. The standard InChI is InChI=1S/C23H18O3/c1-14-7-8-15(2)19(11-14)22-13-17(23(25)26-22)12-20-18-6-4-3-5-16(18)9-10-21(20)24/h3-13,25H,1-2H3. The van der Waals surface area contributed by atoms with Crippen molar-refractivity contribution in [1.82, 2.24) is 0 Å². The summed E-state index contributed by atoms with van der Waals surface area (Å²) >= 11 is 0. The van der Waals surface area contributed by atoms with Crippen LogP contribution >= 0.6 is 0 Å². The minimum Gasteiger partial charge on any atom is -0.480 e. The zero-order valence-corrected chi connectivity index (χ0v) is 14.6. The van der Waals surface area contributed by atoms with Crippen LogP contribution in [0.2, 0.25) is 0 Å². The van der Waals surface area contributed by atoms with Crippen molar-refractivity contribution in [2.45, 2.75) is 13.8 Å². The second-order valence-electron chi connectivity index (χ2n) is 6.53. The average Bonchev–Trinajstić information content (AvgIpc) is 3.00. The van der Waals surface area contributed by atoms with E-state index in [1.807, 2.05) is 62.4 Å². The summed E-state index contributed by atoms with van der Waals surface area (Å²) in [6.45, 7) is 4.01. The summed E-state index contributed by atoms with van der Waals surface area (Å²) in [6, 6.07) is 15.6. The summed E-state index contributed by atoms with van der Waals surface area (Å²) in [5, 5.41) is 10.3. The van der Waals surface area contributed by atoms with Crippen molar-refractivity contribution in [1.29, 1.82) is 0 Å². The lowest BCUT2D eigenvalue weighted by Crippen LogP contribution is -2.04. The zero-order valence-electron chi connectivity index (χ0n) is 14.6. The molecule has 0 fully saturated rings. The predicted octanol–water partition coefficient (Wildman–Crippen LogP) is 5.41. The molecule has 0 amide bonds. The topological polar surface area (TPSA) is 50.4 Å². The average molecular weight is 342 g/mol. The van der Waals surface area contributed by atoms with E-state index in [-0.39, 0.29) is 11.7 Å². The van der Waals surface area contributed by atoms with Gasteiger partial charge in [0.2, 0.25) is 0 Å². The Morgan fingerprint density at radius 3 is 2.62 bits per heavy atom. The number of allylic oxidation sites excluding steroid dienone is 2. The highest BCUT2D eigenvalue weighted by atomic mass is 16.5. The predicted molar refractivity (Wildman–Crippen MR) is 104 cm³/mol. The number of carbonyl (C=O) groups excluding carboxylic acids is 1. The molecule has 0 unspecified atom stereocenters. The fourth-order valence-electron chi connectivity index (χ4n) is 3.21.